The van der Waals surface area contributed by atoms with E-state index in [1.54, 1.807) is 6.33 Å². The van der Waals surface area contributed by atoms with Crippen molar-refractivity contribution >= 4 is 11.8 Å². The van der Waals surface area contributed by atoms with Gasteiger partial charge in [0.25, 0.3) is 0 Å². The van der Waals surface area contributed by atoms with Crippen LogP contribution in [-0.4, -0.2) is 32.7 Å². The van der Waals surface area contributed by atoms with Gasteiger partial charge in [-0.15, -0.1) is 0 Å². The maximum atomic E-state index is 4.10. The fraction of sp³-hybridized carbons (Fsp3) is 0.800. The van der Waals surface area contributed by atoms with Crippen LogP contribution in [0.25, 0.3) is 0 Å². The molecule has 15 heavy (non-hydrogen) atoms. The van der Waals surface area contributed by atoms with Gasteiger partial charge >= 0.3 is 0 Å². The van der Waals surface area contributed by atoms with Crippen molar-refractivity contribution < 1.29 is 0 Å². The molecule has 1 aliphatic heterocycles. The predicted molar refractivity (Wildman–Crippen MR) is 62.7 cm³/mol. The zero-order valence-corrected chi connectivity index (χ0v) is 10.1. The van der Waals surface area contributed by atoms with E-state index >= 15 is 0 Å². The Hall–Kier alpha value is -0.550. The van der Waals surface area contributed by atoms with Crippen LogP contribution in [0, 0.1) is 5.41 Å². The van der Waals surface area contributed by atoms with Gasteiger partial charge in [-0.05, 0) is 17.6 Å². The molecule has 0 amide bonds. The zero-order valence-electron chi connectivity index (χ0n) is 9.29. The third kappa shape index (κ3) is 3.21. The van der Waals surface area contributed by atoms with E-state index < -0.39 is 0 Å². The average molecular weight is 226 g/mol. The van der Waals surface area contributed by atoms with Gasteiger partial charge in [-0.1, -0.05) is 13.8 Å². The highest BCUT2D eigenvalue weighted by molar-refractivity contribution is 7.99. The Morgan fingerprint density at radius 1 is 1.67 bits per heavy atom. The Balaban J connectivity index is 1.80. The van der Waals surface area contributed by atoms with Crippen LogP contribution in [0.2, 0.25) is 0 Å². The second kappa shape index (κ2) is 4.53. The number of hydrogen-bond acceptors (Lipinski definition) is 4. The maximum absolute atomic E-state index is 4.10. The SMILES string of the molecule is CC1(C)CSCC(NCc2ncn[nH]2)C1. The van der Waals surface area contributed by atoms with Gasteiger partial charge in [-0.3, -0.25) is 5.10 Å². The minimum Gasteiger partial charge on any atom is -0.306 e. The van der Waals surface area contributed by atoms with E-state index in [-0.39, 0.29) is 0 Å². The van der Waals surface area contributed by atoms with E-state index in [9.17, 15) is 0 Å². The van der Waals surface area contributed by atoms with Gasteiger partial charge in [0.1, 0.15) is 12.2 Å². The predicted octanol–water partition coefficient (Wildman–Crippen LogP) is 1.43. The molecule has 1 aromatic rings. The summed E-state index contributed by atoms with van der Waals surface area (Å²) in [5.41, 5.74) is 0.460. The normalized spacial score (nSPS) is 25.3. The van der Waals surface area contributed by atoms with Crippen LogP contribution in [0.15, 0.2) is 6.33 Å². The van der Waals surface area contributed by atoms with Crippen molar-refractivity contribution in [2.75, 3.05) is 11.5 Å². The van der Waals surface area contributed by atoms with Gasteiger partial charge in [0.05, 0.1) is 6.54 Å². The molecule has 1 atom stereocenters. The van der Waals surface area contributed by atoms with Gasteiger partial charge < -0.3 is 5.32 Å². The molecule has 1 aliphatic rings. The van der Waals surface area contributed by atoms with Crippen molar-refractivity contribution in [1.82, 2.24) is 20.5 Å². The Bertz CT molecular complexity index is 296. The lowest BCUT2D eigenvalue weighted by Gasteiger charge is -2.35. The van der Waals surface area contributed by atoms with E-state index in [0.29, 0.717) is 11.5 Å². The standard InChI is InChI=1S/C10H18N4S/c1-10(2)3-8(5-15-6-10)11-4-9-12-7-13-14-9/h7-8,11H,3-6H2,1-2H3,(H,12,13,14). The highest BCUT2D eigenvalue weighted by Crippen LogP contribution is 2.33. The molecule has 1 saturated heterocycles. The average Bonchev–Trinajstić information content (AvgIpc) is 2.65. The summed E-state index contributed by atoms with van der Waals surface area (Å²) >= 11 is 2.04. The highest BCUT2D eigenvalue weighted by atomic mass is 32.2. The number of aromatic nitrogens is 3. The first kappa shape index (κ1) is 11.0. The van der Waals surface area contributed by atoms with Crippen LogP contribution in [-0.2, 0) is 6.54 Å². The van der Waals surface area contributed by atoms with Crippen molar-refractivity contribution in [2.24, 2.45) is 5.41 Å². The molecule has 1 fully saturated rings. The monoisotopic (exact) mass is 226 g/mol. The quantitative estimate of drug-likeness (QED) is 0.818. The summed E-state index contributed by atoms with van der Waals surface area (Å²) in [6, 6.07) is 0.601. The van der Waals surface area contributed by atoms with Crippen molar-refractivity contribution in [3.8, 4) is 0 Å². The fourth-order valence-corrected chi connectivity index (χ4v) is 3.26. The minimum atomic E-state index is 0.460. The molecule has 0 spiro atoms. The first-order valence-corrected chi connectivity index (χ1v) is 6.47. The van der Waals surface area contributed by atoms with E-state index in [0.717, 1.165) is 12.4 Å². The summed E-state index contributed by atoms with van der Waals surface area (Å²) in [4.78, 5) is 4.10. The van der Waals surface area contributed by atoms with Gasteiger partial charge in [0.2, 0.25) is 0 Å². The van der Waals surface area contributed by atoms with E-state index in [1.165, 1.54) is 17.9 Å². The third-order valence-electron chi connectivity index (χ3n) is 2.63. The number of aromatic amines is 1. The van der Waals surface area contributed by atoms with Crippen molar-refractivity contribution in [1.29, 1.82) is 0 Å². The van der Waals surface area contributed by atoms with Gasteiger partial charge in [-0.25, -0.2) is 4.98 Å². The molecule has 0 aliphatic carbocycles. The molecular formula is C10H18N4S. The topological polar surface area (TPSA) is 53.6 Å². The van der Waals surface area contributed by atoms with Crippen LogP contribution >= 0.6 is 11.8 Å². The summed E-state index contributed by atoms with van der Waals surface area (Å²) in [6.45, 7) is 5.46. The van der Waals surface area contributed by atoms with Crippen LogP contribution in [0.3, 0.4) is 0 Å². The molecule has 1 aromatic heterocycles. The summed E-state index contributed by atoms with van der Waals surface area (Å²) in [7, 11) is 0. The van der Waals surface area contributed by atoms with Gasteiger partial charge in [0, 0.05) is 11.8 Å². The zero-order chi connectivity index (χ0) is 10.7. The lowest BCUT2D eigenvalue weighted by molar-refractivity contribution is 0.316. The van der Waals surface area contributed by atoms with Crippen LogP contribution in [0.5, 0.6) is 0 Å². The number of hydrogen-bond donors (Lipinski definition) is 2. The Kier molecular flexibility index (Phi) is 3.31. The summed E-state index contributed by atoms with van der Waals surface area (Å²) in [5, 5.41) is 10.2. The second-order valence-electron chi connectivity index (χ2n) is 4.89. The highest BCUT2D eigenvalue weighted by Gasteiger charge is 2.28. The molecular weight excluding hydrogens is 208 g/mol. The third-order valence-corrected chi connectivity index (χ3v) is 4.26. The minimum absolute atomic E-state index is 0.460. The largest absolute Gasteiger partial charge is 0.306 e. The summed E-state index contributed by atoms with van der Waals surface area (Å²) < 4.78 is 0. The summed E-state index contributed by atoms with van der Waals surface area (Å²) in [5.74, 6) is 3.40. The molecule has 4 nitrogen and oxygen atoms in total. The molecule has 2 rings (SSSR count). The van der Waals surface area contributed by atoms with E-state index in [1.807, 2.05) is 11.8 Å². The molecule has 84 valence electrons. The first-order chi connectivity index (χ1) is 7.16. The second-order valence-corrected chi connectivity index (χ2v) is 5.92. The summed E-state index contributed by atoms with van der Waals surface area (Å²) in [6.07, 6.45) is 2.80. The first-order valence-electron chi connectivity index (χ1n) is 5.31. The van der Waals surface area contributed by atoms with Crippen LogP contribution in [0.1, 0.15) is 26.1 Å². The lowest BCUT2D eigenvalue weighted by Crippen LogP contribution is -2.40. The van der Waals surface area contributed by atoms with Gasteiger partial charge in [0.15, 0.2) is 0 Å². The number of thioether (sulfide) groups is 1. The molecule has 2 heterocycles. The molecule has 0 bridgehead atoms. The molecule has 0 saturated carbocycles. The fourth-order valence-electron chi connectivity index (χ4n) is 1.95. The number of nitrogens with zero attached hydrogens (tertiary/aromatic N) is 2. The maximum Gasteiger partial charge on any atom is 0.138 e. The van der Waals surface area contributed by atoms with Crippen LogP contribution < -0.4 is 5.32 Å². The number of rotatable bonds is 3. The van der Waals surface area contributed by atoms with Crippen molar-refractivity contribution in [2.45, 2.75) is 32.9 Å². The molecule has 1 unspecified atom stereocenters. The van der Waals surface area contributed by atoms with E-state index in [4.69, 9.17) is 0 Å². The van der Waals surface area contributed by atoms with Crippen molar-refractivity contribution in [3.05, 3.63) is 12.2 Å². The Morgan fingerprint density at radius 2 is 2.53 bits per heavy atom. The van der Waals surface area contributed by atoms with Gasteiger partial charge in [-0.2, -0.15) is 16.9 Å². The molecule has 5 heteroatoms. The molecule has 0 aromatic carbocycles. The van der Waals surface area contributed by atoms with Crippen molar-refractivity contribution in [3.63, 3.8) is 0 Å². The number of nitrogens with one attached hydrogen (secondary N) is 2. The van der Waals surface area contributed by atoms with E-state index in [2.05, 4.69) is 34.3 Å². The Morgan fingerprint density at radius 3 is 3.20 bits per heavy atom. The van der Waals surface area contributed by atoms with Crippen LogP contribution in [0.4, 0.5) is 0 Å². The molecule has 0 radical (unpaired) electrons. The molecule has 2 N–H and O–H groups in total. The smallest absolute Gasteiger partial charge is 0.138 e. The number of H-pyrrole nitrogens is 1. The lowest BCUT2D eigenvalue weighted by atomic mass is 9.88. The Labute approximate surface area is 94.6 Å².